The van der Waals surface area contributed by atoms with E-state index in [0.29, 0.717) is 38.0 Å². The lowest BCUT2D eigenvalue weighted by Gasteiger charge is -2.11. The second-order valence-corrected chi connectivity index (χ2v) is 5.67. The Morgan fingerprint density at radius 2 is 1.86 bits per heavy atom. The van der Waals surface area contributed by atoms with Gasteiger partial charge in [0.05, 0.1) is 13.0 Å². The molecule has 3 N–H and O–H groups in total. The van der Waals surface area contributed by atoms with Gasteiger partial charge in [0.2, 0.25) is 5.91 Å². The molecule has 0 heterocycles. The number of hydrogen-bond donors (Lipinski definition) is 2. The number of hydrogen-bond acceptors (Lipinski definition) is 3. The molecule has 4 nitrogen and oxygen atoms in total. The highest BCUT2D eigenvalue weighted by Gasteiger charge is 2.06. The highest BCUT2D eigenvalue weighted by atomic mass is 35.5. The molecule has 1 aromatic rings. The van der Waals surface area contributed by atoms with Crippen LogP contribution in [0.25, 0.3) is 0 Å². The zero-order chi connectivity index (χ0) is 15.0. The van der Waals surface area contributed by atoms with Crippen LogP contribution in [0.5, 0.6) is 5.75 Å². The average molecular weight is 315 g/mol. The Bertz CT molecular complexity index is 407. The van der Waals surface area contributed by atoms with Crippen LogP contribution < -0.4 is 15.8 Å². The molecule has 0 spiro atoms. The van der Waals surface area contributed by atoms with E-state index in [-0.39, 0.29) is 18.3 Å². The van der Waals surface area contributed by atoms with Crippen molar-refractivity contribution in [2.24, 2.45) is 17.6 Å². The first-order valence-corrected chi connectivity index (χ1v) is 7.19. The van der Waals surface area contributed by atoms with E-state index < -0.39 is 0 Å². The Morgan fingerprint density at radius 1 is 1.24 bits per heavy atom. The van der Waals surface area contributed by atoms with E-state index in [4.69, 9.17) is 10.5 Å². The van der Waals surface area contributed by atoms with Gasteiger partial charge in [-0.15, -0.1) is 12.4 Å². The second kappa shape index (κ2) is 10.5. The van der Waals surface area contributed by atoms with Crippen molar-refractivity contribution in [3.8, 4) is 5.75 Å². The molecule has 0 saturated carbocycles. The van der Waals surface area contributed by atoms with E-state index in [9.17, 15) is 4.79 Å². The molecule has 1 aromatic carbocycles. The summed E-state index contributed by atoms with van der Waals surface area (Å²) in [5.74, 6) is 1.69. The molecule has 1 rings (SSSR count). The number of ether oxygens (including phenoxy) is 1. The lowest BCUT2D eigenvalue weighted by Crippen LogP contribution is -2.32. The fraction of sp³-hybridized carbons (Fsp3) is 0.562. The minimum Gasteiger partial charge on any atom is -0.493 e. The number of nitrogens with one attached hydrogen (secondary N) is 1. The molecular formula is C16H27ClN2O2. The van der Waals surface area contributed by atoms with Gasteiger partial charge in [-0.05, 0) is 36.1 Å². The Balaban J connectivity index is 0.00000400. The molecule has 0 bridgehead atoms. The van der Waals surface area contributed by atoms with Gasteiger partial charge in [-0.3, -0.25) is 4.79 Å². The van der Waals surface area contributed by atoms with Gasteiger partial charge in [0.1, 0.15) is 5.75 Å². The van der Waals surface area contributed by atoms with Gasteiger partial charge in [0, 0.05) is 6.54 Å². The van der Waals surface area contributed by atoms with E-state index >= 15 is 0 Å². The standard InChI is InChI=1S/C16H26N2O2.ClH/c1-12(2)11-20-15-6-4-14(5-7-15)8-16(19)18-10-13(3)9-17;/h4-7,12-13H,8-11,17H2,1-3H3,(H,18,19);1H. The minimum atomic E-state index is 0. The predicted molar refractivity (Wildman–Crippen MR) is 89.0 cm³/mol. The van der Waals surface area contributed by atoms with Crippen molar-refractivity contribution < 1.29 is 9.53 Å². The lowest BCUT2D eigenvalue weighted by molar-refractivity contribution is -0.120. The summed E-state index contributed by atoms with van der Waals surface area (Å²) in [4.78, 5) is 11.7. The third-order valence-electron chi connectivity index (χ3n) is 2.92. The monoisotopic (exact) mass is 314 g/mol. The molecule has 1 amide bonds. The SMILES string of the molecule is CC(C)COc1ccc(CC(=O)NCC(C)CN)cc1.Cl. The first-order valence-electron chi connectivity index (χ1n) is 7.19. The summed E-state index contributed by atoms with van der Waals surface area (Å²) >= 11 is 0. The maximum Gasteiger partial charge on any atom is 0.224 e. The van der Waals surface area contributed by atoms with Crippen LogP contribution in [0.4, 0.5) is 0 Å². The Hall–Kier alpha value is -1.26. The van der Waals surface area contributed by atoms with Gasteiger partial charge in [-0.25, -0.2) is 0 Å². The zero-order valence-electron chi connectivity index (χ0n) is 13.1. The number of rotatable bonds is 8. The molecule has 0 aliphatic carbocycles. The smallest absolute Gasteiger partial charge is 0.224 e. The fourth-order valence-corrected chi connectivity index (χ4v) is 1.59. The summed E-state index contributed by atoms with van der Waals surface area (Å²) < 4.78 is 5.61. The van der Waals surface area contributed by atoms with Crippen molar-refractivity contribution in [1.82, 2.24) is 5.32 Å². The van der Waals surface area contributed by atoms with Crippen molar-refractivity contribution in [2.45, 2.75) is 27.2 Å². The van der Waals surface area contributed by atoms with Crippen LogP contribution in [0, 0.1) is 11.8 Å². The van der Waals surface area contributed by atoms with E-state index in [1.54, 1.807) is 0 Å². The van der Waals surface area contributed by atoms with Gasteiger partial charge >= 0.3 is 0 Å². The summed E-state index contributed by atoms with van der Waals surface area (Å²) in [5, 5.41) is 2.89. The number of carbonyl (C=O) groups excluding carboxylic acids is 1. The normalized spacial score (nSPS) is 11.7. The molecule has 0 fully saturated rings. The van der Waals surface area contributed by atoms with Crippen LogP contribution in [0.1, 0.15) is 26.3 Å². The highest BCUT2D eigenvalue weighted by molar-refractivity contribution is 5.85. The molecule has 0 aliphatic rings. The summed E-state index contributed by atoms with van der Waals surface area (Å²) in [7, 11) is 0. The lowest BCUT2D eigenvalue weighted by atomic mass is 10.1. The van der Waals surface area contributed by atoms with Crippen LogP contribution in [0.2, 0.25) is 0 Å². The summed E-state index contributed by atoms with van der Waals surface area (Å²) in [6.07, 6.45) is 0.391. The number of halogens is 1. The molecule has 5 heteroatoms. The van der Waals surface area contributed by atoms with E-state index in [2.05, 4.69) is 19.2 Å². The van der Waals surface area contributed by atoms with Gasteiger partial charge in [-0.1, -0.05) is 32.9 Å². The maximum absolute atomic E-state index is 11.7. The third kappa shape index (κ3) is 8.58. The van der Waals surface area contributed by atoms with E-state index in [1.807, 2.05) is 31.2 Å². The predicted octanol–water partition coefficient (Wildman–Crippen LogP) is 2.40. The van der Waals surface area contributed by atoms with Crippen LogP contribution >= 0.6 is 12.4 Å². The van der Waals surface area contributed by atoms with Crippen LogP contribution in [-0.4, -0.2) is 25.6 Å². The van der Waals surface area contributed by atoms with Gasteiger partial charge in [-0.2, -0.15) is 0 Å². The van der Waals surface area contributed by atoms with Gasteiger partial charge in [0.15, 0.2) is 0 Å². The fourth-order valence-electron chi connectivity index (χ4n) is 1.59. The molecule has 1 unspecified atom stereocenters. The van der Waals surface area contributed by atoms with E-state index in [1.165, 1.54) is 0 Å². The first-order chi connectivity index (χ1) is 9.51. The quantitative estimate of drug-likeness (QED) is 0.774. The minimum absolute atomic E-state index is 0. The maximum atomic E-state index is 11.7. The van der Waals surface area contributed by atoms with Crippen LogP contribution in [-0.2, 0) is 11.2 Å². The molecule has 0 radical (unpaired) electrons. The van der Waals surface area contributed by atoms with Crippen molar-refractivity contribution in [3.63, 3.8) is 0 Å². The Morgan fingerprint density at radius 3 is 2.38 bits per heavy atom. The number of carbonyl (C=O) groups is 1. The summed E-state index contributed by atoms with van der Waals surface area (Å²) in [5.41, 5.74) is 6.50. The topological polar surface area (TPSA) is 64.3 Å². The second-order valence-electron chi connectivity index (χ2n) is 5.67. The van der Waals surface area contributed by atoms with Crippen LogP contribution in [0.3, 0.4) is 0 Å². The van der Waals surface area contributed by atoms with Crippen molar-refractivity contribution in [2.75, 3.05) is 19.7 Å². The van der Waals surface area contributed by atoms with Crippen LogP contribution in [0.15, 0.2) is 24.3 Å². The summed E-state index contributed by atoms with van der Waals surface area (Å²) in [6, 6.07) is 7.68. The zero-order valence-corrected chi connectivity index (χ0v) is 13.9. The number of benzene rings is 1. The molecular weight excluding hydrogens is 288 g/mol. The highest BCUT2D eigenvalue weighted by Crippen LogP contribution is 2.13. The average Bonchev–Trinajstić information content (AvgIpc) is 2.44. The molecule has 1 atom stereocenters. The molecule has 0 aromatic heterocycles. The largest absolute Gasteiger partial charge is 0.493 e. The van der Waals surface area contributed by atoms with E-state index in [0.717, 1.165) is 11.3 Å². The summed E-state index contributed by atoms with van der Waals surface area (Å²) in [6.45, 7) is 8.16. The van der Waals surface area contributed by atoms with Crippen molar-refractivity contribution in [3.05, 3.63) is 29.8 Å². The molecule has 21 heavy (non-hydrogen) atoms. The van der Waals surface area contributed by atoms with Gasteiger partial charge in [0.25, 0.3) is 0 Å². The first kappa shape index (κ1) is 19.7. The molecule has 0 saturated heterocycles. The number of amides is 1. The molecule has 120 valence electrons. The van der Waals surface area contributed by atoms with Crippen molar-refractivity contribution in [1.29, 1.82) is 0 Å². The van der Waals surface area contributed by atoms with Gasteiger partial charge < -0.3 is 15.8 Å². The third-order valence-corrected chi connectivity index (χ3v) is 2.92. The Labute approximate surface area is 133 Å². The molecule has 0 aliphatic heterocycles. The van der Waals surface area contributed by atoms with Crippen molar-refractivity contribution >= 4 is 18.3 Å². The Kier molecular flexibility index (Phi) is 9.84. The number of nitrogens with two attached hydrogens (primary N) is 1.